The zero-order valence-electron chi connectivity index (χ0n) is 19.3. The van der Waals surface area contributed by atoms with Crippen LogP contribution in [-0.2, 0) is 26.8 Å². The number of halogens is 7. The molecule has 2 N–H and O–H groups in total. The smallest absolute Gasteiger partial charge is 0.369 e. The summed E-state index contributed by atoms with van der Waals surface area (Å²) in [5.41, 5.74) is -5.97. The van der Waals surface area contributed by atoms with E-state index in [0.717, 1.165) is 35.6 Å². The maximum Gasteiger partial charge on any atom is 0.430 e. The second-order valence-corrected chi connectivity index (χ2v) is 11.1. The summed E-state index contributed by atoms with van der Waals surface area (Å²) in [5.74, 6) is -1.44. The van der Waals surface area contributed by atoms with Crippen molar-refractivity contribution in [2.75, 3.05) is 9.62 Å². The molecule has 0 fully saturated rings. The van der Waals surface area contributed by atoms with Gasteiger partial charge in [-0.15, -0.1) is 10.2 Å². The van der Waals surface area contributed by atoms with Crippen LogP contribution in [0.4, 0.5) is 41.6 Å². The predicted molar refractivity (Wildman–Crippen MR) is 124 cm³/mol. The van der Waals surface area contributed by atoms with Crippen molar-refractivity contribution in [3.63, 3.8) is 0 Å². The minimum Gasteiger partial charge on any atom is -0.369 e. The second-order valence-electron chi connectivity index (χ2n) is 8.49. The van der Waals surface area contributed by atoms with Crippen LogP contribution in [-0.4, -0.2) is 48.0 Å². The summed E-state index contributed by atoms with van der Waals surface area (Å²) in [6, 6.07) is 3.92. The summed E-state index contributed by atoms with van der Waals surface area (Å²) in [4.78, 5) is 12.2. The zero-order chi connectivity index (χ0) is 28.8. The minimum absolute atomic E-state index is 0.118. The minimum atomic E-state index is -6.14. The van der Waals surface area contributed by atoms with Crippen molar-refractivity contribution in [3.05, 3.63) is 64.9 Å². The van der Waals surface area contributed by atoms with E-state index in [1.54, 1.807) is 0 Å². The van der Waals surface area contributed by atoms with E-state index in [1.807, 2.05) is 0 Å². The largest absolute Gasteiger partial charge is 0.430 e. The number of hydrogen-bond donors (Lipinski definition) is 2. The average molecular weight is 599 g/mol. The molecule has 2 heterocycles. The van der Waals surface area contributed by atoms with E-state index in [1.165, 1.54) is 5.51 Å². The number of anilines is 2. The fourth-order valence-electron chi connectivity index (χ4n) is 4.19. The maximum absolute atomic E-state index is 13.6. The summed E-state index contributed by atoms with van der Waals surface area (Å²) >= 11 is 0.985. The zero-order valence-corrected chi connectivity index (χ0v) is 20.9. The molecule has 1 aromatic heterocycles. The first kappa shape index (κ1) is 28.7. The Hall–Kier alpha value is -3.31. The van der Waals surface area contributed by atoms with Crippen molar-refractivity contribution in [3.8, 4) is 0 Å². The molecule has 2 aromatic carbocycles. The van der Waals surface area contributed by atoms with Gasteiger partial charge in [-0.3, -0.25) is 9.10 Å². The summed E-state index contributed by atoms with van der Waals surface area (Å²) in [5, 5.41) is 19.5. The first-order valence-electron chi connectivity index (χ1n) is 10.9. The van der Waals surface area contributed by atoms with Crippen LogP contribution in [0, 0.1) is 5.82 Å². The van der Waals surface area contributed by atoms with E-state index < -0.39 is 62.6 Å². The van der Waals surface area contributed by atoms with Crippen molar-refractivity contribution < 1.29 is 49.1 Å². The summed E-state index contributed by atoms with van der Waals surface area (Å²) in [7, 11) is -4.60. The van der Waals surface area contributed by atoms with Gasteiger partial charge in [0.05, 0.1) is 16.6 Å². The summed E-state index contributed by atoms with van der Waals surface area (Å²) < 4.78 is 122. The van der Waals surface area contributed by atoms with Crippen molar-refractivity contribution in [2.45, 2.75) is 48.2 Å². The van der Waals surface area contributed by atoms with Gasteiger partial charge in [-0.2, -0.15) is 26.3 Å². The molecule has 17 heteroatoms. The molecule has 4 rings (SSSR count). The van der Waals surface area contributed by atoms with E-state index >= 15 is 0 Å². The lowest BCUT2D eigenvalue weighted by Crippen LogP contribution is -2.54. The van der Waals surface area contributed by atoms with Gasteiger partial charge in [0.1, 0.15) is 11.3 Å². The molecule has 1 amide bonds. The number of alkyl halides is 6. The molecule has 1 aliphatic heterocycles. The van der Waals surface area contributed by atoms with Gasteiger partial charge in [-0.05, 0) is 48.7 Å². The highest BCUT2D eigenvalue weighted by Gasteiger charge is 2.71. The molecule has 210 valence electrons. The SMILES string of the molecule is O=C(CC1CCc2cc(C(O)(C(F)(F)F)C(F)(F)F)ccc2N1S(=O)(=O)c1ccc(F)cc1)Nc1nncs1. The number of sulfonamides is 1. The Morgan fingerprint density at radius 3 is 2.28 bits per heavy atom. The van der Waals surface area contributed by atoms with Crippen LogP contribution < -0.4 is 9.62 Å². The normalized spacial score (nSPS) is 16.6. The highest BCUT2D eigenvalue weighted by atomic mass is 32.2. The molecule has 0 saturated carbocycles. The van der Waals surface area contributed by atoms with Gasteiger partial charge in [0.15, 0.2) is 0 Å². The monoisotopic (exact) mass is 598 g/mol. The number of carbonyl (C=O) groups excluding carboxylic acids is 1. The Bertz CT molecular complexity index is 1450. The van der Waals surface area contributed by atoms with Gasteiger partial charge in [-0.1, -0.05) is 23.5 Å². The van der Waals surface area contributed by atoms with Gasteiger partial charge in [0.25, 0.3) is 15.6 Å². The molecule has 1 unspecified atom stereocenters. The van der Waals surface area contributed by atoms with E-state index in [9.17, 15) is 49.1 Å². The fourth-order valence-corrected chi connectivity index (χ4v) is 6.37. The van der Waals surface area contributed by atoms with Gasteiger partial charge in [-0.25, -0.2) is 12.8 Å². The van der Waals surface area contributed by atoms with Crippen molar-refractivity contribution in [2.24, 2.45) is 0 Å². The number of hydrogen-bond acceptors (Lipinski definition) is 7. The van der Waals surface area contributed by atoms with Crippen molar-refractivity contribution in [1.29, 1.82) is 0 Å². The number of nitrogens with zero attached hydrogens (tertiary/aromatic N) is 3. The number of fused-ring (bicyclic) bond motifs is 1. The van der Waals surface area contributed by atoms with E-state index in [4.69, 9.17) is 0 Å². The summed E-state index contributed by atoms with van der Waals surface area (Å²) in [6.07, 6.45) is -13.1. The van der Waals surface area contributed by atoms with Crippen LogP contribution in [0.25, 0.3) is 0 Å². The van der Waals surface area contributed by atoms with E-state index in [2.05, 4.69) is 15.5 Å². The standard InChI is InChI=1S/C22H17F7N4O4S2/c23-14-3-6-16(7-4-14)39(36,37)33-15(10-18(34)31-19-32-30-11-38-19)5-1-12-9-13(2-8-17(12)33)20(35,21(24,25)26)22(27,28)29/h2-4,6-9,11,15,35H,1,5,10H2,(H,31,32,34). The first-order chi connectivity index (χ1) is 18.1. The van der Waals surface area contributed by atoms with Crippen molar-refractivity contribution in [1.82, 2.24) is 10.2 Å². The highest BCUT2D eigenvalue weighted by Crippen LogP contribution is 2.51. The van der Waals surface area contributed by atoms with Crippen LogP contribution >= 0.6 is 11.3 Å². The van der Waals surface area contributed by atoms with Crippen LogP contribution in [0.15, 0.2) is 52.9 Å². The molecular formula is C22H17F7N4O4S2. The average Bonchev–Trinajstić information content (AvgIpc) is 3.34. The Balaban J connectivity index is 1.80. The molecule has 1 aliphatic rings. The van der Waals surface area contributed by atoms with Crippen LogP contribution in [0.3, 0.4) is 0 Å². The van der Waals surface area contributed by atoms with Crippen LogP contribution in [0.5, 0.6) is 0 Å². The van der Waals surface area contributed by atoms with Crippen LogP contribution in [0.2, 0.25) is 0 Å². The summed E-state index contributed by atoms with van der Waals surface area (Å²) in [6.45, 7) is 0. The Labute approximate surface area is 220 Å². The highest BCUT2D eigenvalue weighted by molar-refractivity contribution is 7.92. The molecule has 39 heavy (non-hydrogen) atoms. The molecule has 1 atom stereocenters. The Kier molecular flexibility index (Phi) is 7.37. The maximum atomic E-state index is 13.6. The second kappa shape index (κ2) is 10.0. The molecule has 3 aromatic rings. The third-order valence-electron chi connectivity index (χ3n) is 6.03. The first-order valence-corrected chi connectivity index (χ1v) is 13.2. The Morgan fingerprint density at radius 1 is 1.08 bits per heavy atom. The van der Waals surface area contributed by atoms with E-state index in [-0.39, 0.29) is 29.2 Å². The number of aromatic nitrogens is 2. The number of aliphatic hydroxyl groups is 1. The molecular weight excluding hydrogens is 581 g/mol. The van der Waals surface area contributed by atoms with Crippen molar-refractivity contribution >= 4 is 38.1 Å². The quantitative estimate of drug-likeness (QED) is 0.404. The van der Waals surface area contributed by atoms with Gasteiger partial charge < -0.3 is 10.4 Å². The molecule has 0 saturated heterocycles. The van der Waals surface area contributed by atoms with Gasteiger partial charge in [0.2, 0.25) is 11.0 Å². The lowest BCUT2D eigenvalue weighted by molar-refractivity contribution is -0.376. The molecule has 0 aliphatic carbocycles. The fraction of sp³-hybridized carbons (Fsp3) is 0.318. The molecule has 0 bridgehead atoms. The van der Waals surface area contributed by atoms with Gasteiger partial charge >= 0.3 is 12.4 Å². The van der Waals surface area contributed by atoms with Gasteiger partial charge in [0, 0.05) is 12.0 Å². The third-order valence-corrected chi connectivity index (χ3v) is 8.52. The lowest BCUT2D eigenvalue weighted by Gasteiger charge is -2.39. The molecule has 0 spiro atoms. The molecule has 8 nitrogen and oxygen atoms in total. The third kappa shape index (κ3) is 5.29. The predicted octanol–water partition coefficient (Wildman–Crippen LogP) is 4.53. The number of amides is 1. The topological polar surface area (TPSA) is 112 Å². The number of rotatable bonds is 6. The van der Waals surface area contributed by atoms with Crippen LogP contribution in [0.1, 0.15) is 24.0 Å². The lowest BCUT2D eigenvalue weighted by atomic mass is 9.87. The number of benzene rings is 2. The van der Waals surface area contributed by atoms with E-state index in [0.29, 0.717) is 22.5 Å². The number of nitrogens with one attached hydrogen (secondary N) is 1. The number of aryl methyl sites for hydroxylation is 1. The molecule has 0 radical (unpaired) electrons. The Morgan fingerprint density at radius 2 is 1.72 bits per heavy atom. The number of carbonyl (C=O) groups is 1.